The van der Waals surface area contributed by atoms with E-state index in [1.165, 1.54) is 0 Å². The molecule has 0 N–H and O–H groups in total. The number of imidazole rings is 1. The topological polar surface area (TPSA) is 34.9 Å². The van der Waals surface area contributed by atoms with E-state index in [2.05, 4.69) is 11.9 Å². The van der Waals surface area contributed by atoms with E-state index in [0.29, 0.717) is 5.56 Å². The van der Waals surface area contributed by atoms with Crippen molar-refractivity contribution in [1.29, 1.82) is 0 Å². The zero-order chi connectivity index (χ0) is 10.7. The third-order valence-corrected chi connectivity index (χ3v) is 2.30. The van der Waals surface area contributed by atoms with Crippen molar-refractivity contribution >= 4 is 6.29 Å². The fraction of sp³-hybridized carbons (Fsp3) is 0.167. The Morgan fingerprint density at radius 3 is 3.00 bits per heavy atom. The van der Waals surface area contributed by atoms with Gasteiger partial charge in [0.1, 0.15) is 6.29 Å². The molecule has 0 amide bonds. The average Bonchev–Trinajstić information content (AvgIpc) is 2.78. The van der Waals surface area contributed by atoms with Crippen molar-refractivity contribution in [2.24, 2.45) is 0 Å². The molecule has 0 aliphatic carbocycles. The van der Waals surface area contributed by atoms with Gasteiger partial charge < -0.3 is 4.57 Å². The highest BCUT2D eigenvalue weighted by atomic mass is 16.1. The standard InChI is InChI=1S/C12H12N2O/c1-2-11-7-14(9-13-11)12-5-3-4-10(6-12)8-15/h3-9H,2H2,1H3. The zero-order valence-electron chi connectivity index (χ0n) is 8.55. The maximum atomic E-state index is 10.6. The van der Waals surface area contributed by atoms with Crippen molar-refractivity contribution in [2.75, 3.05) is 0 Å². The molecule has 0 bridgehead atoms. The Kier molecular flexibility index (Phi) is 2.63. The van der Waals surface area contributed by atoms with Crippen LogP contribution in [0.5, 0.6) is 0 Å². The van der Waals surface area contributed by atoms with E-state index in [-0.39, 0.29) is 0 Å². The maximum Gasteiger partial charge on any atom is 0.150 e. The number of carbonyl (C=O) groups is 1. The molecule has 0 radical (unpaired) electrons. The number of hydrogen-bond acceptors (Lipinski definition) is 2. The van der Waals surface area contributed by atoms with E-state index in [1.807, 2.05) is 29.0 Å². The van der Waals surface area contributed by atoms with Crippen LogP contribution in [0.25, 0.3) is 5.69 Å². The maximum absolute atomic E-state index is 10.6. The highest BCUT2D eigenvalue weighted by Gasteiger charge is 1.99. The van der Waals surface area contributed by atoms with Gasteiger partial charge in [0.05, 0.1) is 12.0 Å². The fourth-order valence-corrected chi connectivity index (χ4v) is 1.45. The van der Waals surface area contributed by atoms with Gasteiger partial charge in [-0.3, -0.25) is 4.79 Å². The number of aromatic nitrogens is 2. The Hall–Kier alpha value is -1.90. The normalized spacial score (nSPS) is 10.2. The Morgan fingerprint density at radius 1 is 1.47 bits per heavy atom. The molecule has 0 fully saturated rings. The molecule has 1 aromatic carbocycles. The van der Waals surface area contributed by atoms with Crippen molar-refractivity contribution in [3.63, 3.8) is 0 Å². The molecule has 1 aromatic heterocycles. The van der Waals surface area contributed by atoms with E-state index in [1.54, 1.807) is 12.4 Å². The van der Waals surface area contributed by atoms with Gasteiger partial charge in [-0.1, -0.05) is 19.1 Å². The summed E-state index contributed by atoms with van der Waals surface area (Å²) < 4.78 is 1.92. The summed E-state index contributed by atoms with van der Waals surface area (Å²) in [4.78, 5) is 14.9. The van der Waals surface area contributed by atoms with Crippen LogP contribution in [0.2, 0.25) is 0 Å². The number of carbonyl (C=O) groups excluding carboxylic acids is 1. The first kappa shape index (κ1) is 9.65. The van der Waals surface area contributed by atoms with E-state index < -0.39 is 0 Å². The summed E-state index contributed by atoms with van der Waals surface area (Å²) in [6, 6.07) is 7.45. The van der Waals surface area contributed by atoms with Gasteiger partial charge in [0, 0.05) is 17.4 Å². The molecule has 0 spiro atoms. The minimum atomic E-state index is 0.680. The van der Waals surface area contributed by atoms with E-state index in [9.17, 15) is 4.79 Å². The second kappa shape index (κ2) is 4.09. The third-order valence-electron chi connectivity index (χ3n) is 2.30. The summed E-state index contributed by atoms with van der Waals surface area (Å²) >= 11 is 0. The van der Waals surface area contributed by atoms with Gasteiger partial charge in [-0.15, -0.1) is 0 Å². The van der Waals surface area contributed by atoms with Crippen LogP contribution in [-0.4, -0.2) is 15.8 Å². The zero-order valence-corrected chi connectivity index (χ0v) is 8.55. The lowest BCUT2D eigenvalue weighted by Gasteiger charge is -2.01. The van der Waals surface area contributed by atoms with E-state index >= 15 is 0 Å². The summed E-state index contributed by atoms with van der Waals surface area (Å²) in [6.07, 6.45) is 5.51. The van der Waals surface area contributed by atoms with Crippen LogP contribution < -0.4 is 0 Å². The van der Waals surface area contributed by atoms with E-state index in [0.717, 1.165) is 24.1 Å². The van der Waals surface area contributed by atoms with Crippen LogP contribution in [0, 0.1) is 0 Å². The molecule has 3 nitrogen and oxygen atoms in total. The van der Waals surface area contributed by atoms with Crippen LogP contribution >= 0.6 is 0 Å². The Morgan fingerprint density at radius 2 is 2.33 bits per heavy atom. The number of aryl methyl sites for hydroxylation is 1. The predicted octanol–water partition coefficient (Wildman–Crippen LogP) is 2.25. The van der Waals surface area contributed by atoms with E-state index in [4.69, 9.17) is 0 Å². The molecule has 15 heavy (non-hydrogen) atoms. The molecule has 3 heteroatoms. The third kappa shape index (κ3) is 1.96. The molecule has 0 aliphatic heterocycles. The van der Waals surface area contributed by atoms with Crippen LogP contribution in [0.1, 0.15) is 23.0 Å². The lowest BCUT2D eigenvalue weighted by molar-refractivity contribution is 0.112. The van der Waals surface area contributed by atoms with Crippen molar-refractivity contribution < 1.29 is 4.79 Å². The first-order chi connectivity index (χ1) is 7.33. The van der Waals surface area contributed by atoms with Crippen LogP contribution in [0.3, 0.4) is 0 Å². The van der Waals surface area contributed by atoms with Crippen molar-refractivity contribution in [3.8, 4) is 5.69 Å². The monoisotopic (exact) mass is 200 g/mol. The molecule has 2 rings (SSSR count). The first-order valence-electron chi connectivity index (χ1n) is 4.92. The highest BCUT2D eigenvalue weighted by molar-refractivity contribution is 5.75. The van der Waals surface area contributed by atoms with Crippen molar-refractivity contribution in [1.82, 2.24) is 9.55 Å². The fourth-order valence-electron chi connectivity index (χ4n) is 1.45. The minimum Gasteiger partial charge on any atom is -0.306 e. The number of rotatable bonds is 3. The van der Waals surface area contributed by atoms with Crippen LogP contribution in [-0.2, 0) is 6.42 Å². The Bertz CT molecular complexity index is 474. The van der Waals surface area contributed by atoms with Crippen molar-refractivity contribution in [3.05, 3.63) is 48.0 Å². The highest BCUT2D eigenvalue weighted by Crippen LogP contribution is 2.10. The Balaban J connectivity index is 2.39. The summed E-state index contributed by atoms with van der Waals surface area (Å²) in [7, 11) is 0. The molecule has 2 aromatic rings. The molecular weight excluding hydrogens is 188 g/mol. The summed E-state index contributed by atoms with van der Waals surface area (Å²) in [6.45, 7) is 2.06. The minimum absolute atomic E-state index is 0.680. The van der Waals surface area contributed by atoms with Gasteiger partial charge in [-0.2, -0.15) is 0 Å². The smallest absolute Gasteiger partial charge is 0.150 e. The molecule has 1 heterocycles. The molecule has 0 aliphatic rings. The lowest BCUT2D eigenvalue weighted by Crippen LogP contribution is -1.91. The van der Waals surface area contributed by atoms with Gasteiger partial charge in [0.15, 0.2) is 0 Å². The van der Waals surface area contributed by atoms with Crippen LogP contribution in [0.4, 0.5) is 0 Å². The molecule has 76 valence electrons. The number of nitrogens with zero attached hydrogens (tertiary/aromatic N) is 2. The van der Waals surface area contributed by atoms with Crippen LogP contribution in [0.15, 0.2) is 36.8 Å². The van der Waals surface area contributed by atoms with Crippen molar-refractivity contribution in [2.45, 2.75) is 13.3 Å². The van der Waals surface area contributed by atoms with Gasteiger partial charge in [0.25, 0.3) is 0 Å². The Labute approximate surface area is 88.4 Å². The molecule has 0 unspecified atom stereocenters. The number of aldehydes is 1. The lowest BCUT2D eigenvalue weighted by atomic mass is 10.2. The molecular formula is C12H12N2O. The second-order valence-electron chi connectivity index (χ2n) is 3.34. The van der Waals surface area contributed by atoms with Gasteiger partial charge >= 0.3 is 0 Å². The first-order valence-corrected chi connectivity index (χ1v) is 4.92. The summed E-state index contributed by atoms with van der Waals surface area (Å²) in [5.41, 5.74) is 2.69. The summed E-state index contributed by atoms with van der Waals surface area (Å²) in [5, 5.41) is 0. The largest absolute Gasteiger partial charge is 0.306 e. The predicted molar refractivity (Wildman–Crippen MR) is 58.3 cm³/mol. The van der Waals surface area contributed by atoms with Gasteiger partial charge in [-0.25, -0.2) is 4.98 Å². The van der Waals surface area contributed by atoms with Gasteiger partial charge in [-0.05, 0) is 18.6 Å². The average molecular weight is 200 g/mol. The molecule has 0 saturated heterocycles. The van der Waals surface area contributed by atoms with Gasteiger partial charge in [0.2, 0.25) is 0 Å². The summed E-state index contributed by atoms with van der Waals surface area (Å²) in [5.74, 6) is 0. The quantitative estimate of drug-likeness (QED) is 0.712. The number of benzene rings is 1. The number of hydrogen-bond donors (Lipinski definition) is 0. The second-order valence-corrected chi connectivity index (χ2v) is 3.34. The SMILES string of the molecule is CCc1cn(-c2cccc(C=O)c2)cn1. The molecule has 0 saturated carbocycles. The molecule has 0 atom stereocenters.